The first kappa shape index (κ1) is 16.8. The predicted octanol–water partition coefficient (Wildman–Crippen LogP) is 4.88. The smallest absolute Gasteiger partial charge is 0.231 e. The quantitative estimate of drug-likeness (QED) is 0.678. The number of hydrogen-bond acceptors (Lipinski definition) is 2. The van der Waals surface area contributed by atoms with E-state index in [4.69, 9.17) is 0 Å². The maximum absolute atomic E-state index is 13.1. The van der Waals surface area contributed by atoms with Crippen molar-refractivity contribution >= 4 is 22.5 Å². The Balaban J connectivity index is 1.63. The highest BCUT2D eigenvalue weighted by molar-refractivity contribution is 5.98. The van der Waals surface area contributed by atoms with Crippen LogP contribution >= 0.6 is 0 Å². The van der Waals surface area contributed by atoms with Crippen molar-refractivity contribution < 1.29 is 4.79 Å². The fourth-order valence-corrected chi connectivity index (χ4v) is 3.80. The number of fused-ring (bicyclic) bond motifs is 2. The van der Waals surface area contributed by atoms with Gasteiger partial charge in [-0.1, -0.05) is 50.2 Å². The molecule has 2 aromatic carbocycles. The highest BCUT2D eigenvalue weighted by Crippen LogP contribution is 2.31. The van der Waals surface area contributed by atoms with Crippen LogP contribution in [-0.4, -0.2) is 17.4 Å². The zero-order valence-electron chi connectivity index (χ0n) is 15.4. The van der Waals surface area contributed by atoms with Crippen molar-refractivity contribution in [1.29, 1.82) is 0 Å². The van der Waals surface area contributed by atoms with Gasteiger partial charge in [-0.15, -0.1) is 0 Å². The first-order chi connectivity index (χ1) is 12.6. The second-order valence-corrected chi connectivity index (χ2v) is 7.36. The van der Waals surface area contributed by atoms with Crippen LogP contribution in [0, 0.1) is 0 Å². The molecule has 2 heterocycles. The first-order valence-corrected chi connectivity index (χ1v) is 9.39. The number of carbonyl (C=O) groups excluding carboxylic acids is 1. The molecule has 0 N–H and O–H groups in total. The summed E-state index contributed by atoms with van der Waals surface area (Å²) in [6.45, 7) is 5.22. The van der Waals surface area contributed by atoms with Crippen molar-refractivity contribution in [3.63, 3.8) is 0 Å². The topological polar surface area (TPSA) is 33.2 Å². The molecule has 0 spiro atoms. The fraction of sp³-hybridized carbons (Fsp3) is 0.304. The van der Waals surface area contributed by atoms with Gasteiger partial charge in [-0.3, -0.25) is 9.78 Å². The highest BCUT2D eigenvalue weighted by atomic mass is 16.2. The molecule has 3 nitrogen and oxygen atoms in total. The molecule has 0 saturated heterocycles. The Kier molecular flexibility index (Phi) is 4.46. The number of para-hydroxylation sites is 1. The summed E-state index contributed by atoms with van der Waals surface area (Å²) in [7, 11) is 0. The Hall–Kier alpha value is -2.68. The van der Waals surface area contributed by atoms with Gasteiger partial charge in [-0.2, -0.15) is 0 Å². The predicted molar refractivity (Wildman–Crippen MR) is 107 cm³/mol. The molecule has 1 aromatic heterocycles. The number of pyridine rings is 1. The van der Waals surface area contributed by atoms with E-state index in [0.29, 0.717) is 12.3 Å². The van der Waals surface area contributed by atoms with Crippen molar-refractivity contribution in [3.8, 4) is 0 Å². The van der Waals surface area contributed by atoms with Gasteiger partial charge in [0, 0.05) is 23.8 Å². The number of benzene rings is 2. The Morgan fingerprint density at radius 3 is 2.85 bits per heavy atom. The lowest BCUT2D eigenvalue weighted by molar-refractivity contribution is -0.118. The van der Waals surface area contributed by atoms with E-state index in [-0.39, 0.29) is 5.91 Å². The van der Waals surface area contributed by atoms with Gasteiger partial charge in [-0.25, -0.2) is 0 Å². The van der Waals surface area contributed by atoms with E-state index in [2.05, 4.69) is 37.0 Å². The molecule has 0 bridgehead atoms. The zero-order valence-corrected chi connectivity index (χ0v) is 15.4. The normalized spacial score (nSPS) is 13.9. The number of amides is 1. The third-order valence-corrected chi connectivity index (χ3v) is 5.25. The molecular formula is C23H24N2O. The molecule has 0 saturated carbocycles. The summed E-state index contributed by atoms with van der Waals surface area (Å²) in [4.78, 5) is 19.5. The Morgan fingerprint density at radius 1 is 1.15 bits per heavy atom. The number of hydrogen-bond donors (Lipinski definition) is 0. The number of rotatable bonds is 3. The van der Waals surface area contributed by atoms with E-state index in [0.717, 1.165) is 41.5 Å². The second kappa shape index (κ2) is 6.91. The lowest BCUT2D eigenvalue weighted by Crippen LogP contribution is -2.36. The summed E-state index contributed by atoms with van der Waals surface area (Å²) in [5, 5.41) is 1.08. The first-order valence-electron chi connectivity index (χ1n) is 9.39. The number of aromatic nitrogens is 1. The largest absolute Gasteiger partial charge is 0.312 e. The van der Waals surface area contributed by atoms with Gasteiger partial charge in [0.2, 0.25) is 5.91 Å². The molecule has 1 aliphatic rings. The van der Waals surface area contributed by atoms with Crippen LogP contribution in [0.3, 0.4) is 0 Å². The molecule has 132 valence electrons. The van der Waals surface area contributed by atoms with Crippen LogP contribution in [0.15, 0.2) is 54.7 Å². The van der Waals surface area contributed by atoms with E-state index >= 15 is 0 Å². The van der Waals surface area contributed by atoms with Gasteiger partial charge >= 0.3 is 0 Å². The Morgan fingerprint density at radius 2 is 2.00 bits per heavy atom. The van der Waals surface area contributed by atoms with Crippen LogP contribution in [0.2, 0.25) is 0 Å². The van der Waals surface area contributed by atoms with E-state index in [1.54, 1.807) is 6.20 Å². The Labute approximate surface area is 154 Å². The number of nitrogens with zero attached hydrogens (tertiary/aromatic N) is 2. The van der Waals surface area contributed by atoms with Crippen LogP contribution in [-0.2, 0) is 17.6 Å². The van der Waals surface area contributed by atoms with Crippen LogP contribution in [0.25, 0.3) is 10.9 Å². The van der Waals surface area contributed by atoms with E-state index in [1.807, 2.05) is 35.2 Å². The van der Waals surface area contributed by atoms with Gasteiger partial charge in [0.1, 0.15) is 0 Å². The molecule has 0 atom stereocenters. The summed E-state index contributed by atoms with van der Waals surface area (Å²) in [5.41, 5.74) is 5.65. The molecule has 3 aromatic rings. The maximum Gasteiger partial charge on any atom is 0.231 e. The second-order valence-electron chi connectivity index (χ2n) is 7.36. The molecular weight excluding hydrogens is 320 g/mol. The van der Waals surface area contributed by atoms with E-state index < -0.39 is 0 Å². The molecule has 3 heteroatoms. The summed E-state index contributed by atoms with van der Waals surface area (Å²) in [5.74, 6) is 0.662. The van der Waals surface area contributed by atoms with Gasteiger partial charge < -0.3 is 4.90 Å². The van der Waals surface area contributed by atoms with Crippen LogP contribution < -0.4 is 4.90 Å². The fourth-order valence-electron chi connectivity index (χ4n) is 3.80. The van der Waals surface area contributed by atoms with Gasteiger partial charge in [0.05, 0.1) is 11.9 Å². The van der Waals surface area contributed by atoms with Crippen molar-refractivity contribution in [1.82, 2.24) is 4.98 Å². The lowest BCUT2D eigenvalue weighted by Gasteiger charge is -2.30. The third-order valence-electron chi connectivity index (χ3n) is 5.25. The van der Waals surface area contributed by atoms with Gasteiger partial charge in [0.15, 0.2) is 0 Å². The molecule has 0 unspecified atom stereocenters. The number of aryl methyl sites for hydroxylation is 1. The average Bonchev–Trinajstić information content (AvgIpc) is 2.67. The standard InChI is InChI=1S/C23H24N2O/c1-16(2)18-10-11-21-19(14-18)9-5-13-25(21)22(26)15-20-7-3-6-17-8-4-12-24-23(17)20/h3-4,6-8,10-12,14,16H,5,9,13,15H2,1-2H3. The van der Waals surface area contributed by atoms with Crippen molar-refractivity contribution in [3.05, 3.63) is 71.4 Å². The zero-order chi connectivity index (χ0) is 18.1. The average molecular weight is 344 g/mol. The summed E-state index contributed by atoms with van der Waals surface area (Å²) in [6, 6.07) is 16.6. The van der Waals surface area contributed by atoms with Crippen LogP contribution in [0.4, 0.5) is 5.69 Å². The summed E-state index contributed by atoms with van der Waals surface area (Å²) < 4.78 is 0. The summed E-state index contributed by atoms with van der Waals surface area (Å²) >= 11 is 0. The molecule has 26 heavy (non-hydrogen) atoms. The minimum atomic E-state index is 0.154. The maximum atomic E-state index is 13.1. The van der Waals surface area contributed by atoms with Crippen LogP contribution in [0.5, 0.6) is 0 Å². The molecule has 1 aliphatic heterocycles. The molecule has 1 amide bonds. The van der Waals surface area contributed by atoms with Crippen molar-refractivity contribution in [2.45, 2.75) is 39.0 Å². The minimum Gasteiger partial charge on any atom is -0.312 e. The monoisotopic (exact) mass is 344 g/mol. The number of carbonyl (C=O) groups is 1. The number of anilines is 1. The summed E-state index contributed by atoms with van der Waals surface area (Å²) in [6.07, 6.45) is 4.25. The minimum absolute atomic E-state index is 0.154. The highest BCUT2D eigenvalue weighted by Gasteiger charge is 2.23. The SMILES string of the molecule is CC(C)c1ccc2c(c1)CCCN2C(=O)Cc1cccc2cccnc12. The third kappa shape index (κ3) is 3.10. The van der Waals surface area contributed by atoms with Crippen molar-refractivity contribution in [2.75, 3.05) is 11.4 Å². The van der Waals surface area contributed by atoms with Gasteiger partial charge in [-0.05, 0) is 47.6 Å². The van der Waals surface area contributed by atoms with Crippen molar-refractivity contribution in [2.24, 2.45) is 0 Å². The molecule has 0 fully saturated rings. The van der Waals surface area contributed by atoms with Crippen LogP contribution in [0.1, 0.15) is 42.9 Å². The van der Waals surface area contributed by atoms with E-state index in [1.165, 1.54) is 11.1 Å². The van der Waals surface area contributed by atoms with E-state index in [9.17, 15) is 4.79 Å². The Bertz CT molecular complexity index is 956. The van der Waals surface area contributed by atoms with Gasteiger partial charge in [0.25, 0.3) is 0 Å². The molecule has 0 aliphatic carbocycles. The lowest BCUT2D eigenvalue weighted by atomic mass is 9.94. The molecule has 4 rings (SSSR count). The molecule has 0 radical (unpaired) electrons.